The van der Waals surface area contributed by atoms with Crippen molar-refractivity contribution in [2.75, 3.05) is 24.7 Å². The van der Waals surface area contributed by atoms with Crippen LogP contribution in [0.4, 0.5) is 5.95 Å². The topological polar surface area (TPSA) is 56.1 Å². The zero-order valence-electron chi connectivity index (χ0n) is 14.5. The summed E-state index contributed by atoms with van der Waals surface area (Å²) in [7, 11) is 0. The second-order valence-corrected chi connectivity index (χ2v) is 6.91. The fourth-order valence-corrected chi connectivity index (χ4v) is 4.01. The second kappa shape index (κ2) is 6.51. The van der Waals surface area contributed by atoms with E-state index in [4.69, 9.17) is 4.74 Å². The van der Waals surface area contributed by atoms with E-state index in [1.165, 1.54) is 23.1 Å². The van der Waals surface area contributed by atoms with E-state index in [0.29, 0.717) is 12.1 Å². The Labute approximate surface area is 142 Å². The summed E-state index contributed by atoms with van der Waals surface area (Å²) in [5, 5.41) is 12.7. The van der Waals surface area contributed by atoms with E-state index in [1.54, 1.807) is 0 Å². The van der Waals surface area contributed by atoms with E-state index in [0.717, 1.165) is 45.0 Å². The Morgan fingerprint density at radius 1 is 1.12 bits per heavy atom. The molecule has 128 valence electrons. The van der Waals surface area contributed by atoms with E-state index in [9.17, 15) is 0 Å². The van der Waals surface area contributed by atoms with Crippen LogP contribution >= 0.6 is 0 Å². The molecule has 0 radical (unpaired) electrons. The van der Waals surface area contributed by atoms with Crippen molar-refractivity contribution in [2.45, 2.75) is 51.6 Å². The second-order valence-electron chi connectivity index (χ2n) is 6.91. The van der Waals surface area contributed by atoms with Crippen molar-refractivity contribution in [1.82, 2.24) is 20.2 Å². The molecule has 4 rings (SSSR count). The Morgan fingerprint density at radius 2 is 1.96 bits per heavy atom. The lowest BCUT2D eigenvalue weighted by molar-refractivity contribution is 0.0660. The van der Waals surface area contributed by atoms with Crippen molar-refractivity contribution in [2.24, 2.45) is 0 Å². The Kier molecular flexibility index (Phi) is 4.22. The van der Waals surface area contributed by atoms with Gasteiger partial charge in [-0.15, -0.1) is 0 Å². The van der Waals surface area contributed by atoms with E-state index in [1.807, 2.05) is 4.68 Å². The van der Waals surface area contributed by atoms with Crippen LogP contribution in [0.15, 0.2) is 18.2 Å². The van der Waals surface area contributed by atoms with Crippen LogP contribution in [0, 0.1) is 13.8 Å². The van der Waals surface area contributed by atoms with Gasteiger partial charge in [0.15, 0.2) is 0 Å². The van der Waals surface area contributed by atoms with Crippen molar-refractivity contribution in [3.05, 3.63) is 34.9 Å². The number of benzene rings is 1. The summed E-state index contributed by atoms with van der Waals surface area (Å²) in [6.07, 6.45) is 4.31. The van der Waals surface area contributed by atoms with Gasteiger partial charge in [0.2, 0.25) is 5.95 Å². The molecule has 2 aliphatic heterocycles. The number of anilines is 1. The molecule has 0 spiro atoms. The third-order valence-electron chi connectivity index (χ3n) is 5.53. The van der Waals surface area contributed by atoms with Crippen LogP contribution in [-0.4, -0.2) is 40.0 Å². The first-order valence-corrected chi connectivity index (χ1v) is 8.94. The van der Waals surface area contributed by atoms with Gasteiger partial charge < -0.3 is 9.64 Å². The molecule has 2 aliphatic rings. The number of aromatic nitrogens is 4. The molecule has 2 saturated heterocycles. The quantitative estimate of drug-likeness (QED) is 0.867. The summed E-state index contributed by atoms with van der Waals surface area (Å²) in [5.74, 6) is 0.922. The fraction of sp³-hybridized carbons (Fsp3) is 0.611. The third-order valence-corrected chi connectivity index (χ3v) is 5.53. The molecular weight excluding hydrogens is 302 g/mol. The van der Waals surface area contributed by atoms with Crippen LogP contribution in [0.3, 0.4) is 0 Å². The average molecular weight is 327 g/mol. The molecule has 6 nitrogen and oxygen atoms in total. The Balaban J connectivity index is 1.66. The van der Waals surface area contributed by atoms with Crippen molar-refractivity contribution in [1.29, 1.82) is 0 Å². The van der Waals surface area contributed by atoms with E-state index in [2.05, 4.69) is 52.5 Å². The van der Waals surface area contributed by atoms with E-state index >= 15 is 0 Å². The summed E-state index contributed by atoms with van der Waals surface area (Å²) in [4.78, 5) is 2.40. The number of ether oxygens (including phenoxy) is 1. The molecule has 0 N–H and O–H groups in total. The zero-order chi connectivity index (χ0) is 16.5. The highest BCUT2D eigenvalue weighted by atomic mass is 16.5. The number of hydrogen-bond donors (Lipinski definition) is 0. The molecule has 6 heteroatoms. The molecule has 1 atom stereocenters. The monoisotopic (exact) mass is 327 g/mol. The van der Waals surface area contributed by atoms with Crippen LogP contribution in [0.25, 0.3) is 0 Å². The molecule has 0 amide bonds. The molecule has 0 bridgehead atoms. The normalized spacial score (nSPS) is 22.2. The van der Waals surface area contributed by atoms with Gasteiger partial charge in [0.25, 0.3) is 0 Å². The Bertz CT molecular complexity index is 707. The highest BCUT2D eigenvalue weighted by molar-refractivity contribution is 5.43. The number of rotatable bonds is 3. The van der Waals surface area contributed by atoms with Crippen LogP contribution in [-0.2, 0) is 4.74 Å². The van der Waals surface area contributed by atoms with Gasteiger partial charge in [-0.3, -0.25) is 0 Å². The van der Waals surface area contributed by atoms with Gasteiger partial charge in [0.1, 0.15) is 0 Å². The molecule has 1 aromatic heterocycles. The average Bonchev–Trinajstić information content (AvgIpc) is 3.26. The van der Waals surface area contributed by atoms with Gasteiger partial charge >= 0.3 is 0 Å². The predicted molar refractivity (Wildman–Crippen MR) is 92.1 cm³/mol. The highest BCUT2D eigenvalue weighted by Crippen LogP contribution is 2.38. The van der Waals surface area contributed by atoms with Crippen LogP contribution < -0.4 is 4.90 Å². The zero-order valence-corrected chi connectivity index (χ0v) is 14.5. The van der Waals surface area contributed by atoms with Crippen LogP contribution in [0.1, 0.15) is 54.5 Å². The molecule has 3 heterocycles. The summed E-state index contributed by atoms with van der Waals surface area (Å²) < 4.78 is 7.52. The number of tetrazole rings is 1. The fourth-order valence-electron chi connectivity index (χ4n) is 4.01. The maximum atomic E-state index is 5.49. The summed E-state index contributed by atoms with van der Waals surface area (Å²) >= 11 is 0. The SMILES string of the molecule is Cc1cccc(C2CCCN2c2nnnn2C2CCOCC2)c1C. The first-order chi connectivity index (χ1) is 11.8. The molecule has 2 fully saturated rings. The lowest BCUT2D eigenvalue weighted by Gasteiger charge is -2.30. The largest absolute Gasteiger partial charge is 0.381 e. The lowest BCUT2D eigenvalue weighted by atomic mass is 9.96. The first-order valence-electron chi connectivity index (χ1n) is 8.94. The lowest BCUT2D eigenvalue weighted by Crippen LogP contribution is -2.29. The van der Waals surface area contributed by atoms with Gasteiger partial charge in [-0.05, 0) is 66.6 Å². The first kappa shape index (κ1) is 15.6. The van der Waals surface area contributed by atoms with Gasteiger partial charge in [0.05, 0.1) is 12.1 Å². The maximum Gasteiger partial charge on any atom is 0.246 e. The minimum absolute atomic E-state index is 0.351. The van der Waals surface area contributed by atoms with Gasteiger partial charge in [-0.25, -0.2) is 4.68 Å². The Hall–Kier alpha value is -1.95. The number of nitrogens with zero attached hydrogens (tertiary/aromatic N) is 5. The van der Waals surface area contributed by atoms with Crippen molar-refractivity contribution >= 4 is 5.95 Å². The smallest absolute Gasteiger partial charge is 0.246 e. The molecule has 0 aliphatic carbocycles. The number of hydrogen-bond acceptors (Lipinski definition) is 5. The van der Waals surface area contributed by atoms with Crippen LogP contribution in [0.2, 0.25) is 0 Å². The van der Waals surface area contributed by atoms with Gasteiger partial charge in [-0.1, -0.05) is 23.3 Å². The molecule has 24 heavy (non-hydrogen) atoms. The highest BCUT2D eigenvalue weighted by Gasteiger charge is 2.32. The van der Waals surface area contributed by atoms with Gasteiger partial charge in [0, 0.05) is 19.8 Å². The molecular formula is C18H25N5O. The minimum Gasteiger partial charge on any atom is -0.381 e. The molecule has 1 unspecified atom stereocenters. The molecule has 1 aromatic carbocycles. The predicted octanol–water partition coefficient (Wildman–Crippen LogP) is 2.98. The summed E-state index contributed by atoms with van der Waals surface area (Å²) in [6.45, 7) is 7.02. The van der Waals surface area contributed by atoms with Crippen molar-refractivity contribution in [3.63, 3.8) is 0 Å². The Morgan fingerprint density at radius 3 is 2.79 bits per heavy atom. The minimum atomic E-state index is 0.351. The van der Waals surface area contributed by atoms with Crippen LogP contribution in [0.5, 0.6) is 0 Å². The number of aryl methyl sites for hydroxylation is 1. The molecule has 0 saturated carbocycles. The van der Waals surface area contributed by atoms with Crippen molar-refractivity contribution < 1.29 is 4.74 Å². The third kappa shape index (κ3) is 2.69. The van der Waals surface area contributed by atoms with Crippen molar-refractivity contribution in [3.8, 4) is 0 Å². The van der Waals surface area contributed by atoms with E-state index < -0.39 is 0 Å². The molecule has 2 aromatic rings. The maximum absolute atomic E-state index is 5.49. The van der Waals surface area contributed by atoms with E-state index in [-0.39, 0.29) is 0 Å². The summed E-state index contributed by atoms with van der Waals surface area (Å²) in [6, 6.07) is 7.33. The summed E-state index contributed by atoms with van der Waals surface area (Å²) in [5.41, 5.74) is 4.15. The standard InChI is InChI=1S/C18H25N5O/c1-13-5-3-6-16(14(13)2)17-7-4-10-22(17)18-19-20-21-23(18)15-8-11-24-12-9-15/h3,5-6,15,17H,4,7-12H2,1-2H3. The van der Waals surface area contributed by atoms with Gasteiger partial charge in [-0.2, -0.15) is 0 Å².